The average molecular weight is 294 g/mol. The number of carbonyl (C=O) groups excluding carboxylic acids is 1. The van der Waals surface area contributed by atoms with Crippen LogP contribution in [0.3, 0.4) is 0 Å². The Morgan fingerprint density at radius 3 is 2.91 bits per heavy atom. The van der Waals surface area contributed by atoms with Crippen molar-refractivity contribution in [2.75, 3.05) is 6.54 Å². The van der Waals surface area contributed by atoms with Crippen LogP contribution in [0.2, 0.25) is 0 Å². The summed E-state index contributed by atoms with van der Waals surface area (Å²) in [4.78, 5) is 23.8. The van der Waals surface area contributed by atoms with E-state index in [2.05, 4.69) is 20.3 Å². The van der Waals surface area contributed by atoms with Gasteiger partial charge in [0.25, 0.3) is 5.91 Å². The summed E-state index contributed by atoms with van der Waals surface area (Å²) in [6.07, 6.45) is 4.12. The molecular weight excluding hydrogens is 276 g/mol. The molecule has 1 aromatic carbocycles. The largest absolute Gasteiger partial charge is 0.352 e. The van der Waals surface area contributed by atoms with Crippen LogP contribution in [0, 0.1) is 13.8 Å². The number of imidazole rings is 1. The molecule has 2 N–H and O–H groups in total. The monoisotopic (exact) mass is 294 g/mol. The average Bonchev–Trinajstić information content (AvgIpc) is 3.00. The number of aromatic nitrogens is 3. The Kier molecular flexibility index (Phi) is 3.87. The normalized spacial score (nSPS) is 10.8. The van der Waals surface area contributed by atoms with Crippen LogP contribution >= 0.6 is 0 Å². The lowest BCUT2D eigenvalue weighted by Gasteiger charge is -2.09. The number of nitrogens with zero attached hydrogens (tertiary/aromatic N) is 2. The predicted molar refractivity (Wildman–Crippen MR) is 85.8 cm³/mol. The summed E-state index contributed by atoms with van der Waals surface area (Å²) in [5.41, 5.74) is 4.45. The molecule has 0 spiro atoms. The van der Waals surface area contributed by atoms with Crippen molar-refractivity contribution in [1.29, 1.82) is 0 Å². The SMILES string of the molecule is Cc1ccc2nc(C)c(C(=O)NCCc3cnc[nH]3)cc2c1. The fourth-order valence-corrected chi connectivity index (χ4v) is 2.45. The minimum absolute atomic E-state index is 0.0899. The van der Waals surface area contributed by atoms with Crippen LogP contribution in [0.5, 0.6) is 0 Å². The molecule has 5 heteroatoms. The molecule has 0 unspecified atom stereocenters. The quantitative estimate of drug-likeness (QED) is 0.777. The topological polar surface area (TPSA) is 70.7 Å². The van der Waals surface area contributed by atoms with E-state index < -0.39 is 0 Å². The lowest BCUT2D eigenvalue weighted by atomic mass is 10.1. The van der Waals surface area contributed by atoms with Crippen LogP contribution in [0.15, 0.2) is 36.8 Å². The maximum Gasteiger partial charge on any atom is 0.253 e. The molecule has 3 aromatic rings. The fourth-order valence-electron chi connectivity index (χ4n) is 2.45. The van der Waals surface area contributed by atoms with E-state index in [4.69, 9.17) is 0 Å². The Hall–Kier alpha value is -2.69. The number of pyridine rings is 1. The minimum Gasteiger partial charge on any atom is -0.352 e. The Labute approximate surface area is 128 Å². The van der Waals surface area contributed by atoms with Gasteiger partial charge in [0.2, 0.25) is 0 Å². The number of aromatic amines is 1. The second-order valence-corrected chi connectivity index (χ2v) is 5.40. The summed E-state index contributed by atoms with van der Waals surface area (Å²) < 4.78 is 0. The van der Waals surface area contributed by atoms with E-state index in [0.717, 1.165) is 34.3 Å². The number of benzene rings is 1. The van der Waals surface area contributed by atoms with Crippen LogP contribution in [0.4, 0.5) is 0 Å². The molecule has 0 saturated heterocycles. The molecule has 0 aliphatic carbocycles. The molecule has 0 atom stereocenters. The first kappa shape index (κ1) is 14.3. The van der Waals surface area contributed by atoms with Gasteiger partial charge in [-0.15, -0.1) is 0 Å². The second-order valence-electron chi connectivity index (χ2n) is 5.40. The molecule has 2 aromatic heterocycles. The molecule has 112 valence electrons. The number of nitrogens with one attached hydrogen (secondary N) is 2. The Balaban J connectivity index is 1.76. The lowest BCUT2D eigenvalue weighted by Crippen LogP contribution is -2.26. The third kappa shape index (κ3) is 2.98. The molecular formula is C17H18N4O. The predicted octanol–water partition coefficient (Wildman–Crippen LogP) is 2.55. The summed E-state index contributed by atoms with van der Waals surface area (Å²) >= 11 is 0. The van der Waals surface area contributed by atoms with Crippen molar-refractivity contribution in [2.24, 2.45) is 0 Å². The Bertz CT molecular complexity index is 809. The molecule has 2 heterocycles. The highest BCUT2D eigenvalue weighted by molar-refractivity contribution is 5.98. The number of hydrogen-bond acceptors (Lipinski definition) is 3. The van der Waals surface area contributed by atoms with Gasteiger partial charge in [0, 0.05) is 30.2 Å². The molecule has 0 bridgehead atoms. The van der Waals surface area contributed by atoms with Gasteiger partial charge in [-0.1, -0.05) is 11.6 Å². The lowest BCUT2D eigenvalue weighted by molar-refractivity contribution is 0.0953. The molecule has 5 nitrogen and oxygen atoms in total. The van der Waals surface area contributed by atoms with Crippen LogP contribution in [-0.4, -0.2) is 27.4 Å². The first-order valence-electron chi connectivity index (χ1n) is 7.27. The van der Waals surface area contributed by atoms with Crippen molar-refractivity contribution in [3.05, 3.63) is 59.3 Å². The first-order chi connectivity index (χ1) is 10.6. The summed E-state index contributed by atoms with van der Waals surface area (Å²) in [7, 11) is 0. The number of rotatable bonds is 4. The van der Waals surface area contributed by atoms with Crippen LogP contribution in [-0.2, 0) is 6.42 Å². The molecule has 0 saturated carbocycles. The van der Waals surface area contributed by atoms with Gasteiger partial charge in [-0.2, -0.15) is 0 Å². The Morgan fingerprint density at radius 2 is 2.14 bits per heavy atom. The highest BCUT2D eigenvalue weighted by Crippen LogP contribution is 2.18. The van der Waals surface area contributed by atoms with Gasteiger partial charge in [0.15, 0.2) is 0 Å². The van der Waals surface area contributed by atoms with Crippen molar-refractivity contribution < 1.29 is 4.79 Å². The van der Waals surface area contributed by atoms with E-state index in [9.17, 15) is 4.79 Å². The highest BCUT2D eigenvalue weighted by atomic mass is 16.1. The molecule has 0 aliphatic rings. The standard InChI is InChI=1S/C17H18N4O/c1-11-3-4-16-13(7-11)8-15(12(2)21-16)17(22)19-6-5-14-9-18-10-20-14/h3-4,7-10H,5-6H2,1-2H3,(H,18,20)(H,19,22). The van der Waals surface area contributed by atoms with Gasteiger partial charge in [-0.25, -0.2) is 4.98 Å². The third-order valence-corrected chi connectivity index (χ3v) is 3.64. The first-order valence-corrected chi connectivity index (χ1v) is 7.27. The van der Waals surface area contributed by atoms with Crippen LogP contribution < -0.4 is 5.32 Å². The van der Waals surface area contributed by atoms with E-state index in [-0.39, 0.29) is 5.91 Å². The van der Waals surface area contributed by atoms with Gasteiger partial charge in [-0.3, -0.25) is 9.78 Å². The summed E-state index contributed by atoms with van der Waals surface area (Å²) in [5, 5.41) is 3.92. The number of aryl methyl sites for hydroxylation is 2. The van der Waals surface area contributed by atoms with Crippen molar-refractivity contribution in [1.82, 2.24) is 20.3 Å². The van der Waals surface area contributed by atoms with Gasteiger partial charge < -0.3 is 10.3 Å². The van der Waals surface area contributed by atoms with Crippen molar-refractivity contribution >= 4 is 16.8 Å². The van der Waals surface area contributed by atoms with Crippen molar-refractivity contribution in [2.45, 2.75) is 20.3 Å². The number of carbonyl (C=O) groups is 1. The maximum atomic E-state index is 12.3. The smallest absolute Gasteiger partial charge is 0.253 e. The van der Waals surface area contributed by atoms with E-state index in [1.165, 1.54) is 0 Å². The number of amides is 1. The molecule has 3 rings (SSSR count). The van der Waals surface area contributed by atoms with Gasteiger partial charge in [-0.05, 0) is 32.0 Å². The van der Waals surface area contributed by atoms with Gasteiger partial charge >= 0.3 is 0 Å². The number of fused-ring (bicyclic) bond motifs is 1. The zero-order valence-corrected chi connectivity index (χ0v) is 12.7. The van der Waals surface area contributed by atoms with Crippen molar-refractivity contribution in [3.63, 3.8) is 0 Å². The van der Waals surface area contributed by atoms with Gasteiger partial charge in [0.1, 0.15) is 0 Å². The molecule has 0 fully saturated rings. The zero-order chi connectivity index (χ0) is 15.5. The molecule has 1 amide bonds. The van der Waals surface area contributed by atoms with Crippen LogP contribution in [0.25, 0.3) is 10.9 Å². The molecule has 0 radical (unpaired) electrons. The zero-order valence-electron chi connectivity index (χ0n) is 12.7. The van der Waals surface area contributed by atoms with E-state index in [1.54, 1.807) is 12.5 Å². The summed E-state index contributed by atoms with van der Waals surface area (Å²) in [6, 6.07) is 7.97. The van der Waals surface area contributed by atoms with Crippen LogP contribution in [0.1, 0.15) is 27.3 Å². The minimum atomic E-state index is -0.0899. The highest BCUT2D eigenvalue weighted by Gasteiger charge is 2.11. The second kappa shape index (κ2) is 5.97. The number of hydrogen-bond donors (Lipinski definition) is 2. The summed E-state index contributed by atoms with van der Waals surface area (Å²) in [5.74, 6) is -0.0899. The maximum absolute atomic E-state index is 12.3. The third-order valence-electron chi connectivity index (χ3n) is 3.64. The number of H-pyrrole nitrogens is 1. The van der Waals surface area contributed by atoms with E-state index >= 15 is 0 Å². The van der Waals surface area contributed by atoms with Crippen molar-refractivity contribution in [3.8, 4) is 0 Å². The molecule has 0 aliphatic heterocycles. The van der Waals surface area contributed by atoms with Gasteiger partial charge in [0.05, 0.1) is 23.1 Å². The Morgan fingerprint density at radius 1 is 1.27 bits per heavy atom. The fraction of sp³-hybridized carbons (Fsp3) is 0.235. The van der Waals surface area contributed by atoms with E-state index in [0.29, 0.717) is 12.1 Å². The summed E-state index contributed by atoms with van der Waals surface area (Å²) in [6.45, 7) is 4.46. The van der Waals surface area contributed by atoms with E-state index in [1.807, 2.05) is 38.1 Å². The molecule has 22 heavy (non-hydrogen) atoms.